The molecule has 0 spiro atoms. The minimum absolute atomic E-state index is 0.993. The molecule has 1 N–H and O–H groups in total. The van der Waals surface area contributed by atoms with Gasteiger partial charge in [0.15, 0.2) is 0 Å². The smallest absolute Gasteiger partial charge is 0.00179 e. The highest BCUT2D eigenvalue weighted by Crippen LogP contribution is 2.46. The molecule has 0 aromatic carbocycles. The van der Waals surface area contributed by atoms with E-state index < -0.39 is 0 Å². The molecule has 1 nitrogen and oxygen atoms in total. The summed E-state index contributed by atoms with van der Waals surface area (Å²) < 4.78 is 0. The van der Waals surface area contributed by atoms with Gasteiger partial charge in [0.1, 0.15) is 0 Å². The summed E-state index contributed by atoms with van der Waals surface area (Å²) in [5.74, 6) is 4.17. The van der Waals surface area contributed by atoms with Crippen LogP contribution >= 0.6 is 0 Å². The van der Waals surface area contributed by atoms with E-state index in [4.69, 9.17) is 0 Å². The molecule has 4 atom stereocenters. The third-order valence-corrected chi connectivity index (χ3v) is 5.42. The van der Waals surface area contributed by atoms with E-state index in [0.29, 0.717) is 0 Å². The van der Waals surface area contributed by atoms with Gasteiger partial charge in [0.2, 0.25) is 0 Å². The van der Waals surface area contributed by atoms with Gasteiger partial charge in [-0.25, -0.2) is 0 Å². The van der Waals surface area contributed by atoms with Gasteiger partial charge in [0, 0.05) is 0 Å². The van der Waals surface area contributed by atoms with E-state index >= 15 is 0 Å². The molecule has 2 aliphatic carbocycles. The highest BCUT2D eigenvalue weighted by Gasteiger charge is 2.37. The summed E-state index contributed by atoms with van der Waals surface area (Å²) in [6.07, 6.45) is 12.0. The van der Waals surface area contributed by atoms with Crippen molar-refractivity contribution in [3.8, 4) is 0 Å². The summed E-state index contributed by atoms with van der Waals surface area (Å²) in [5.41, 5.74) is 0. The molecule has 2 saturated carbocycles. The van der Waals surface area contributed by atoms with Crippen LogP contribution in [0.4, 0.5) is 0 Å². The largest absolute Gasteiger partial charge is 0.317 e. The van der Waals surface area contributed by atoms with Crippen molar-refractivity contribution in [3.63, 3.8) is 0 Å². The first-order valence-electron chi connectivity index (χ1n) is 8.07. The first-order chi connectivity index (χ1) is 8.36. The Kier molecular flexibility index (Phi) is 5.34. The van der Waals surface area contributed by atoms with Crippen molar-refractivity contribution in [2.75, 3.05) is 13.1 Å². The van der Waals surface area contributed by atoms with Crippen LogP contribution in [0.15, 0.2) is 0 Å². The van der Waals surface area contributed by atoms with E-state index in [9.17, 15) is 0 Å². The standard InChI is InChI=1S/C16H31N/c1-3-13-8-5-6-10-15(13)16-11-7-9-14(16)12-17-4-2/h13-17H,3-12H2,1-2H3. The summed E-state index contributed by atoms with van der Waals surface area (Å²) in [5, 5.41) is 3.59. The van der Waals surface area contributed by atoms with Crippen molar-refractivity contribution in [2.24, 2.45) is 23.7 Å². The second-order valence-electron chi connectivity index (χ2n) is 6.28. The van der Waals surface area contributed by atoms with Crippen LogP contribution < -0.4 is 5.32 Å². The minimum Gasteiger partial charge on any atom is -0.317 e. The van der Waals surface area contributed by atoms with Crippen LogP contribution in [0.1, 0.15) is 65.2 Å². The summed E-state index contributed by atoms with van der Waals surface area (Å²) in [4.78, 5) is 0. The zero-order valence-electron chi connectivity index (χ0n) is 11.9. The molecule has 0 bridgehead atoms. The Hall–Kier alpha value is -0.0400. The Morgan fingerprint density at radius 1 is 0.824 bits per heavy atom. The molecule has 0 aromatic heterocycles. The summed E-state index contributed by atoms with van der Waals surface area (Å²) in [7, 11) is 0. The van der Waals surface area contributed by atoms with Crippen LogP contribution in [-0.4, -0.2) is 13.1 Å². The predicted molar refractivity (Wildman–Crippen MR) is 75.1 cm³/mol. The van der Waals surface area contributed by atoms with Gasteiger partial charge < -0.3 is 5.32 Å². The predicted octanol–water partition coefficient (Wildman–Crippen LogP) is 4.23. The van der Waals surface area contributed by atoms with Gasteiger partial charge >= 0.3 is 0 Å². The molecule has 0 aliphatic heterocycles. The van der Waals surface area contributed by atoms with E-state index in [1.807, 2.05) is 0 Å². The molecule has 0 aromatic rings. The van der Waals surface area contributed by atoms with Crippen LogP contribution in [0, 0.1) is 23.7 Å². The van der Waals surface area contributed by atoms with Crippen molar-refractivity contribution in [1.82, 2.24) is 5.32 Å². The van der Waals surface area contributed by atoms with Gasteiger partial charge in [-0.1, -0.05) is 46.0 Å². The highest BCUT2D eigenvalue weighted by atomic mass is 14.8. The van der Waals surface area contributed by atoms with Crippen molar-refractivity contribution in [1.29, 1.82) is 0 Å². The maximum atomic E-state index is 3.59. The Morgan fingerprint density at radius 3 is 2.24 bits per heavy atom. The summed E-state index contributed by atoms with van der Waals surface area (Å²) in [6.45, 7) is 7.08. The molecular weight excluding hydrogens is 206 g/mol. The molecule has 2 rings (SSSR count). The number of rotatable bonds is 5. The lowest BCUT2D eigenvalue weighted by Gasteiger charge is -2.38. The Balaban J connectivity index is 1.93. The molecule has 4 unspecified atom stereocenters. The lowest BCUT2D eigenvalue weighted by atomic mass is 9.68. The van der Waals surface area contributed by atoms with Crippen molar-refractivity contribution < 1.29 is 0 Å². The average molecular weight is 237 g/mol. The summed E-state index contributed by atoms with van der Waals surface area (Å²) >= 11 is 0. The van der Waals surface area contributed by atoms with Crippen molar-refractivity contribution in [2.45, 2.75) is 65.2 Å². The van der Waals surface area contributed by atoms with Crippen LogP contribution in [0.5, 0.6) is 0 Å². The Morgan fingerprint density at radius 2 is 1.47 bits per heavy atom. The topological polar surface area (TPSA) is 12.0 Å². The number of hydrogen-bond acceptors (Lipinski definition) is 1. The van der Waals surface area contributed by atoms with Gasteiger partial charge in [-0.05, 0) is 56.0 Å². The molecular formula is C16H31N. The van der Waals surface area contributed by atoms with Crippen LogP contribution in [0.25, 0.3) is 0 Å². The zero-order chi connectivity index (χ0) is 12.1. The molecule has 0 radical (unpaired) electrons. The molecule has 2 fully saturated rings. The van der Waals surface area contributed by atoms with Gasteiger partial charge in [0.25, 0.3) is 0 Å². The average Bonchev–Trinajstić information content (AvgIpc) is 2.84. The minimum atomic E-state index is 0.993. The fourth-order valence-corrected chi connectivity index (χ4v) is 4.52. The van der Waals surface area contributed by atoms with E-state index in [2.05, 4.69) is 19.2 Å². The molecule has 1 heteroatoms. The third kappa shape index (κ3) is 3.24. The van der Waals surface area contributed by atoms with Crippen LogP contribution in [-0.2, 0) is 0 Å². The second-order valence-corrected chi connectivity index (χ2v) is 6.28. The van der Waals surface area contributed by atoms with Gasteiger partial charge in [-0.2, -0.15) is 0 Å². The van der Waals surface area contributed by atoms with E-state index in [1.165, 1.54) is 57.9 Å². The lowest BCUT2D eigenvalue weighted by Crippen LogP contribution is -2.33. The van der Waals surface area contributed by atoms with Crippen molar-refractivity contribution >= 4 is 0 Å². The molecule has 2 aliphatic rings. The van der Waals surface area contributed by atoms with E-state index in [1.54, 1.807) is 0 Å². The molecule has 17 heavy (non-hydrogen) atoms. The second kappa shape index (κ2) is 6.78. The lowest BCUT2D eigenvalue weighted by molar-refractivity contribution is 0.127. The maximum absolute atomic E-state index is 3.59. The Labute approximate surface area is 108 Å². The summed E-state index contributed by atoms with van der Waals surface area (Å²) in [6, 6.07) is 0. The zero-order valence-corrected chi connectivity index (χ0v) is 11.9. The maximum Gasteiger partial charge on any atom is -0.00179 e. The van der Waals surface area contributed by atoms with Crippen LogP contribution in [0.3, 0.4) is 0 Å². The number of nitrogens with one attached hydrogen (secondary N) is 1. The monoisotopic (exact) mass is 237 g/mol. The van der Waals surface area contributed by atoms with Crippen molar-refractivity contribution in [3.05, 3.63) is 0 Å². The van der Waals surface area contributed by atoms with E-state index in [-0.39, 0.29) is 0 Å². The fraction of sp³-hybridized carbons (Fsp3) is 1.00. The van der Waals surface area contributed by atoms with Crippen LogP contribution in [0.2, 0.25) is 0 Å². The SMILES string of the molecule is CCNCC1CCCC1C1CCCCC1CC. The fourth-order valence-electron chi connectivity index (χ4n) is 4.52. The quantitative estimate of drug-likeness (QED) is 0.754. The molecule has 100 valence electrons. The van der Waals surface area contributed by atoms with E-state index in [0.717, 1.165) is 30.2 Å². The Bertz CT molecular complexity index is 214. The van der Waals surface area contributed by atoms with Gasteiger partial charge in [-0.15, -0.1) is 0 Å². The number of hydrogen-bond donors (Lipinski definition) is 1. The first-order valence-corrected chi connectivity index (χ1v) is 8.07. The molecule has 0 saturated heterocycles. The van der Waals surface area contributed by atoms with Gasteiger partial charge in [-0.3, -0.25) is 0 Å². The molecule has 0 heterocycles. The third-order valence-electron chi connectivity index (χ3n) is 5.42. The van der Waals surface area contributed by atoms with Gasteiger partial charge in [0.05, 0.1) is 0 Å². The highest BCUT2D eigenvalue weighted by molar-refractivity contribution is 4.88. The molecule has 0 amide bonds. The first kappa shape index (κ1) is 13.4. The normalized spacial score (nSPS) is 38.5.